The van der Waals surface area contributed by atoms with E-state index in [1.807, 2.05) is 20.1 Å². The van der Waals surface area contributed by atoms with Gasteiger partial charge in [0.05, 0.1) is 5.55 Å². The van der Waals surface area contributed by atoms with E-state index >= 15 is 0 Å². The lowest BCUT2D eigenvalue weighted by atomic mass is 10.4. The fourth-order valence-electron chi connectivity index (χ4n) is 0.537. The van der Waals surface area contributed by atoms with Gasteiger partial charge in [0.1, 0.15) is 5.03 Å². The zero-order chi connectivity index (χ0) is 10.3. The molecular formula is C7H16N4S2. The van der Waals surface area contributed by atoms with Crippen LogP contribution in [0, 0.1) is 0 Å². The van der Waals surface area contributed by atoms with E-state index in [9.17, 15) is 0 Å². The Morgan fingerprint density at radius 3 is 2.54 bits per heavy atom. The van der Waals surface area contributed by atoms with Crippen LogP contribution in [0.3, 0.4) is 0 Å². The molecule has 0 radical (unpaired) electrons. The predicted molar refractivity (Wildman–Crippen MR) is 63.0 cm³/mol. The first-order chi connectivity index (χ1) is 6.13. The highest BCUT2D eigenvalue weighted by molar-refractivity contribution is 8.12. The van der Waals surface area contributed by atoms with Crippen molar-refractivity contribution < 1.29 is 0 Å². The topological polar surface area (TPSA) is 67.6 Å². The third-order valence-electron chi connectivity index (χ3n) is 1.25. The Morgan fingerprint density at radius 2 is 2.15 bits per heavy atom. The van der Waals surface area contributed by atoms with Crippen LogP contribution < -0.4 is 11.6 Å². The number of thioether (sulfide) groups is 1. The van der Waals surface area contributed by atoms with Crippen molar-refractivity contribution in [1.82, 2.24) is 5.01 Å². The molecule has 4 N–H and O–H groups in total. The van der Waals surface area contributed by atoms with Gasteiger partial charge in [0.15, 0.2) is 0 Å². The van der Waals surface area contributed by atoms with E-state index in [4.69, 9.17) is 11.6 Å². The van der Waals surface area contributed by atoms with Crippen LogP contribution in [-0.4, -0.2) is 22.9 Å². The average molecular weight is 220 g/mol. The average Bonchev–Trinajstić information content (AvgIpc) is 2.11. The summed E-state index contributed by atoms with van der Waals surface area (Å²) in [5.41, 5.74) is 7.15. The maximum atomic E-state index is 5.74. The standard InChI is InChI=1S/C7H16N4S2/c1-6(2)11(9)7(4-8)13-10-5-12-3/h4-6H,8-9H2,1-3H3/b7-4+,10-5?. The minimum absolute atomic E-state index is 0.215. The van der Waals surface area contributed by atoms with Gasteiger partial charge in [-0.15, -0.1) is 11.8 Å². The molecule has 0 heterocycles. The Bertz CT molecular complexity index is 191. The SMILES string of the molecule is CSC=NS/C(=C/N)N(N)C(C)C. The maximum Gasteiger partial charge on any atom is 0.124 e. The van der Waals surface area contributed by atoms with Gasteiger partial charge in [-0.1, -0.05) is 0 Å². The largest absolute Gasteiger partial charge is 0.402 e. The van der Waals surface area contributed by atoms with Crippen LogP contribution in [0.25, 0.3) is 0 Å². The molecule has 0 aromatic carbocycles. The van der Waals surface area contributed by atoms with Gasteiger partial charge in [-0.25, -0.2) is 10.2 Å². The van der Waals surface area contributed by atoms with Crippen LogP contribution in [0.4, 0.5) is 0 Å². The van der Waals surface area contributed by atoms with Gasteiger partial charge >= 0.3 is 0 Å². The quantitative estimate of drug-likeness (QED) is 0.241. The van der Waals surface area contributed by atoms with Crippen LogP contribution in [-0.2, 0) is 0 Å². The molecule has 4 nitrogen and oxygen atoms in total. The van der Waals surface area contributed by atoms with E-state index < -0.39 is 0 Å². The number of nitrogens with zero attached hydrogens (tertiary/aromatic N) is 2. The molecule has 0 saturated heterocycles. The Morgan fingerprint density at radius 1 is 1.54 bits per heavy atom. The highest BCUT2D eigenvalue weighted by Crippen LogP contribution is 2.19. The summed E-state index contributed by atoms with van der Waals surface area (Å²) >= 11 is 2.80. The van der Waals surface area contributed by atoms with Gasteiger partial charge in [-0.3, -0.25) is 5.01 Å². The molecule has 0 atom stereocenters. The lowest BCUT2D eigenvalue weighted by Crippen LogP contribution is -2.35. The van der Waals surface area contributed by atoms with E-state index in [1.165, 1.54) is 29.9 Å². The minimum atomic E-state index is 0.215. The van der Waals surface area contributed by atoms with Crippen molar-refractivity contribution in [2.45, 2.75) is 19.9 Å². The fraction of sp³-hybridized carbons (Fsp3) is 0.571. The van der Waals surface area contributed by atoms with Crippen molar-refractivity contribution in [3.8, 4) is 0 Å². The molecule has 76 valence electrons. The lowest BCUT2D eigenvalue weighted by Gasteiger charge is -2.23. The van der Waals surface area contributed by atoms with Crippen LogP contribution in [0.5, 0.6) is 0 Å². The zero-order valence-electron chi connectivity index (χ0n) is 8.10. The lowest BCUT2D eigenvalue weighted by molar-refractivity contribution is 0.314. The van der Waals surface area contributed by atoms with Gasteiger partial charge in [0.25, 0.3) is 0 Å². The predicted octanol–water partition coefficient (Wildman–Crippen LogP) is 1.37. The summed E-state index contributed by atoms with van der Waals surface area (Å²) in [5, 5.41) is 2.34. The third kappa shape index (κ3) is 5.07. The molecule has 0 saturated carbocycles. The zero-order valence-corrected chi connectivity index (χ0v) is 9.73. The molecule has 0 unspecified atom stereocenters. The Balaban J connectivity index is 4.12. The molecule has 0 spiro atoms. The van der Waals surface area contributed by atoms with Gasteiger partial charge in [-0.2, -0.15) is 0 Å². The Kier molecular flexibility index (Phi) is 6.93. The summed E-state index contributed by atoms with van der Waals surface area (Å²) in [6.07, 6.45) is 3.40. The molecule has 0 rings (SSSR count). The fourth-order valence-corrected chi connectivity index (χ4v) is 1.53. The first-order valence-corrected chi connectivity index (χ1v) is 5.87. The normalized spacial score (nSPS) is 12.8. The number of hydrogen-bond acceptors (Lipinski definition) is 6. The monoisotopic (exact) mass is 220 g/mol. The molecule has 0 amide bonds. The van der Waals surface area contributed by atoms with E-state index in [2.05, 4.69) is 4.40 Å². The first kappa shape index (κ1) is 12.7. The minimum Gasteiger partial charge on any atom is -0.402 e. The van der Waals surface area contributed by atoms with Crippen molar-refractivity contribution in [2.75, 3.05) is 6.26 Å². The van der Waals surface area contributed by atoms with Gasteiger partial charge in [0.2, 0.25) is 0 Å². The summed E-state index contributed by atoms with van der Waals surface area (Å²) in [6, 6.07) is 0.215. The maximum absolute atomic E-state index is 5.74. The van der Waals surface area contributed by atoms with Crippen LogP contribution >= 0.6 is 23.7 Å². The van der Waals surface area contributed by atoms with Gasteiger partial charge in [-0.05, 0) is 20.1 Å². The summed E-state index contributed by atoms with van der Waals surface area (Å²) in [6.45, 7) is 3.98. The van der Waals surface area contributed by atoms with Gasteiger partial charge in [0, 0.05) is 24.2 Å². The van der Waals surface area contributed by atoms with E-state index in [1.54, 1.807) is 10.6 Å². The molecule has 6 heteroatoms. The van der Waals surface area contributed by atoms with E-state index in [0.29, 0.717) is 0 Å². The number of hydrazine groups is 1. The second-order valence-electron chi connectivity index (χ2n) is 2.54. The molecule has 0 fully saturated rings. The van der Waals surface area contributed by atoms with Crippen molar-refractivity contribution in [3.63, 3.8) is 0 Å². The first-order valence-electron chi connectivity index (χ1n) is 3.81. The number of rotatable bonds is 5. The van der Waals surface area contributed by atoms with Crippen LogP contribution in [0.15, 0.2) is 15.6 Å². The molecule has 0 aromatic heterocycles. The van der Waals surface area contributed by atoms with Crippen LogP contribution in [0.1, 0.15) is 13.8 Å². The third-order valence-corrected chi connectivity index (χ3v) is 2.44. The van der Waals surface area contributed by atoms with Crippen molar-refractivity contribution >= 4 is 29.3 Å². The van der Waals surface area contributed by atoms with Gasteiger partial charge < -0.3 is 5.73 Å². The van der Waals surface area contributed by atoms with Crippen molar-refractivity contribution in [2.24, 2.45) is 16.0 Å². The molecular weight excluding hydrogens is 204 g/mol. The summed E-state index contributed by atoms with van der Waals surface area (Å²) in [5.74, 6) is 5.74. The molecule has 0 aliphatic heterocycles. The molecule has 0 bridgehead atoms. The highest BCUT2D eigenvalue weighted by atomic mass is 32.2. The summed E-state index contributed by atoms with van der Waals surface area (Å²) in [4.78, 5) is 0. The van der Waals surface area contributed by atoms with E-state index in [0.717, 1.165) is 5.03 Å². The molecule has 0 aromatic rings. The Hall–Kier alpha value is -0.330. The second kappa shape index (κ2) is 7.11. The Labute approximate surface area is 87.9 Å². The van der Waals surface area contributed by atoms with Crippen molar-refractivity contribution in [1.29, 1.82) is 0 Å². The number of hydrogen-bond donors (Lipinski definition) is 2. The second-order valence-corrected chi connectivity index (χ2v) is 4.04. The highest BCUT2D eigenvalue weighted by Gasteiger charge is 2.08. The van der Waals surface area contributed by atoms with Crippen LogP contribution in [0.2, 0.25) is 0 Å². The molecule has 0 aliphatic carbocycles. The summed E-state index contributed by atoms with van der Waals surface area (Å²) in [7, 11) is 0. The molecule has 13 heavy (non-hydrogen) atoms. The summed E-state index contributed by atoms with van der Waals surface area (Å²) < 4.78 is 4.05. The smallest absolute Gasteiger partial charge is 0.124 e. The number of nitrogens with two attached hydrogens (primary N) is 2. The van der Waals surface area contributed by atoms with E-state index in [-0.39, 0.29) is 6.04 Å². The van der Waals surface area contributed by atoms with Crippen molar-refractivity contribution in [3.05, 3.63) is 11.2 Å². The molecule has 0 aliphatic rings.